The highest BCUT2D eigenvalue weighted by Gasteiger charge is 2.42. The number of amides is 1. The minimum atomic E-state index is -3.88. The summed E-state index contributed by atoms with van der Waals surface area (Å²) in [5.41, 5.74) is 6.38. The Hall–Kier alpha value is -1.56. The summed E-state index contributed by atoms with van der Waals surface area (Å²) in [6.45, 7) is 1.06. The van der Waals surface area contributed by atoms with E-state index in [1.807, 2.05) is 0 Å². The fourth-order valence-electron chi connectivity index (χ4n) is 5.46. The largest absolute Gasteiger partial charge is 0.340 e. The third-order valence-corrected chi connectivity index (χ3v) is 10.7. The Morgan fingerprint density at radius 2 is 1.79 bits per heavy atom. The van der Waals surface area contributed by atoms with Gasteiger partial charge in [-0.3, -0.25) is 4.79 Å². The summed E-state index contributed by atoms with van der Waals surface area (Å²) in [4.78, 5) is 19.1. The van der Waals surface area contributed by atoms with Crippen LogP contribution in [-0.4, -0.2) is 74.6 Å². The van der Waals surface area contributed by atoms with Crippen LogP contribution in [0.25, 0.3) is 0 Å². The smallest absolute Gasteiger partial charge is 0.260 e. The van der Waals surface area contributed by atoms with Crippen LogP contribution in [0.2, 0.25) is 0 Å². The van der Waals surface area contributed by atoms with E-state index in [0.29, 0.717) is 24.4 Å². The van der Waals surface area contributed by atoms with Crippen molar-refractivity contribution in [3.63, 3.8) is 0 Å². The molecule has 0 aromatic carbocycles. The average Bonchev–Trinajstić information content (AvgIpc) is 2.84. The van der Waals surface area contributed by atoms with Gasteiger partial charge in [-0.1, -0.05) is 32.1 Å². The third-order valence-electron chi connectivity index (χ3n) is 7.41. The first-order chi connectivity index (χ1) is 15.7. The number of pyridine rings is 1. The molecule has 3 fully saturated rings. The van der Waals surface area contributed by atoms with Crippen LogP contribution < -0.4 is 5.73 Å². The van der Waals surface area contributed by atoms with Gasteiger partial charge in [0.05, 0.1) is 17.4 Å². The summed E-state index contributed by atoms with van der Waals surface area (Å²) in [6.07, 6.45) is 7.69. The van der Waals surface area contributed by atoms with Crippen LogP contribution in [0.1, 0.15) is 44.1 Å². The summed E-state index contributed by atoms with van der Waals surface area (Å²) < 4.78 is 52.1. The molecular formula is C22H34N4O5S2. The zero-order chi connectivity index (χ0) is 23.6. The van der Waals surface area contributed by atoms with Crippen LogP contribution in [-0.2, 0) is 31.2 Å². The maximum Gasteiger partial charge on any atom is 0.260 e. The molecule has 0 radical (unpaired) electrons. The summed E-state index contributed by atoms with van der Waals surface area (Å²) in [5, 5.41) is -0.0370. The highest BCUT2D eigenvalue weighted by atomic mass is 32.2. The normalized spacial score (nSPS) is 27.4. The standard InChI is InChI=1S/C22H34N4O5S2/c23-14-17-6-7-24-21(12-17)33(30,31)26-15-19(18-4-2-1-3-5-18)13-20(16-26)22(27)25-8-10-32(28,29)11-9-25/h6-7,12,18-20H,1-5,8-11,13-16,23H2/t19-,20+/m1/s1. The molecule has 1 aliphatic carbocycles. The van der Waals surface area contributed by atoms with Gasteiger partial charge in [0.2, 0.25) is 5.91 Å². The highest BCUT2D eigenvalue weighted by molar-refractivity contribution is 7.91. The molecule has 1 aromatic heterocycles. The van der Waals surface area contributed by atoms with E-state index in [9.17, 15) is 21.6 Å². The van der Waals surface area contributed by atoms with Crippen LogP contribution in [0.15, 0.2) is 23.4 Å². The van der Waals surface area contributed by atoms with Crippen LogP contribution >= 0.6 is 0 Å². The van der Waals surface area contributed by atoms with Gasteiger partial charge < -0.3 is 10.6 Å². The Labute approximate surface area is 196 Å². The molecule has 0 bridgehead atoms. The van der Waals surface area contributed by atoms with Crippen molar-refractivity contribution in [2.24, 2.45) is 23.5 Å². The molecular weight excluding hydrogens is 464 g/mol. The second-order valence-electron chi connectivity index (χ2n) is 9.60. The molecule has 1 saturated carbocycles. The first-order valence-corrected chi connectivity index (χ1v) is 15.1. The van der Waals surface area contributed by atoms with E-state index in [4.69, 9.17) is 5.73 Å². The van der Waals surface area contributed by atoms with Crippen molar-refractivity contribution < 1.29 is 21.6 Å². The molecule has 3 heterocycles. The van der Waals surface area contributed by atoms with E-state index in [2.05, 4.69) is 4.98 Å². The van der Waals surface area contributed by atoms with Gasteiger partial charge in [-0.15, -0.1) is 0 Å². The number of rotatable bonds is 5. The maximum atomic E-state index is 13.5. The molecule has 4 rings (SSSR count). The maximum absolute atomic E-state index is 13.5. The summed E-state index contributed by atoms with van der Waals surface area (Å²) in [6, 6.07) is 3.20. The molecule has 2 saturated heterocycles. The van der Waals surface area contributed by atoms with Gasteiger partial charge in [-0.25, -0.2) is 21.8 Å². The molecule has 2 N–H and O–H groups in total. The average molecular weight is 499 g/mol. The fraction of sp³-hybridized carbons (Fsp3) is 0.727. The molecule has 2 atom stereocenters. The molecule has 0 spiro atoms. The Morgan fingerprint density at radius 3 is 2.45 bits per heavy atom. The van der Waals surface area contributed by atoms with Crippen molar-refractivity contribution in [3.05, 3.63) is 23.9 Å². The number of hydrogen-bond donors (Lipinski definition) is 1. The predicted molar refractivity (Wildman–Crippen MR) is 124 cm³/mol. The van der Waals surface area contributed by atoms with Crippen LogP contribution in [0.4, 0.5) is 0 Å². The van der Waals surface area contributed by atoms with Gasteiger partial charge in [0.15, 0.2) is 14.9 Å². The Balaban J connectivity index is 1.58. The number of carbonyl (C=O) groups excluding carboxylic acids is 1. The number of sulfonamides is 1. The Morgan fingerprint density at radius 1 is 1.09 bits per heavy atom. The number of piperidine rings is 1. The number of nitrogens with two attached hydrogens (primary N) is 1. The molecule has 9 nitrogen and oxygen atoms in total. The molecule has 2 aliphatic heterocycles. The predicted octanol–water partition coefficient (Wildman–Crippen LogP) is 1.00. The number of sulfone groups is 1. The second kappa shape index (κ2) is 9.97. The fourth-order valence-corrected chi connectivity index (χ4v) is 8.18. The molecule has 1 aromatic rings. The van der Waals surface area contributed by atoms with E-state index in [0.717, 1.165) is 25.7 Å². The van der Waals surface area contributed by atoms with Gasteiger partial charge in [0.1, 0.15) is 0 Å². The molecule has 184 valence electrons. The molecule has 1 amide bonds. The van der Waals surface area contributed by atoms with Gasteiger partial charge in [-0.05, 0) is 36.0 Å². The van der Waals surface area contributed by atoms with Crippen LogP contribution in [0, 0.1) is 17.8 Å². The van der Waals surface area contributed by atoms with E-state index < -0.39 is 25.8 Å². The number of aromatic nitrogens is 1. The van der Waals surface area contributed by atoms with Crippen molar-refractivity contribution in [2.75, 3.05) is 37.7 Å². The van der Waals surface area contributed by atoms with Crippen molar-refractivity contribution in [1.82, 2.24) is 14.2 Å². The number of nitrogens with zero attached hydrogens (tertiary/aromatic N) is 3. The molecule has 11 heteroatoms. The Kier molecular flexibility index (Phi) is 7.42. The van der Waals surface area contributed by atoms with Crippen molar-refractivity contribution in [1.29, 1.82) is 0 Å². The third kappa shape index (κ3) is 5.58. The van der Waals surface area contributed by atoms with Crippen LogP contribution in [0.5, 0.6) is 0 Å². The SMILES string of the molecule is NCc1ccnc(S(=O)(=O)N2C[C@@H](C(=O)N3CCS(=O)(=O)CC3)C[C@@H](C3CCCCC3)C2)c1. The lowest BCUT2D eigenvalue weighted by Gasteiger charge is -2.42. The number of carbonyl (C=O) groups is 1. The lowest BCUT2D eigenvalue weighted by molar-refractivity contribution is -0.137. The summed E-state index contributed by atoms with van der Waals surface area (Å²) in [5.74, 6) is -0.163. The van der Waals surface area contributed by atoms with E-state index in [-0.39, 0.29) is 54.5 Å². The zero-order valence-corrected chi connectivity index (χ0v) is 20.6. The Bertz CT molecular complexity index is 1060. The molecule has 33 heavy (non-hydrogen) atoms. The quantitative estimate of drug-likeness (QED) is 0.641. The lowest BCUT2D eigenvalue weighted by Crippen LogP contribution is -2.53. The number of hydrogen-bond acceptors (Lipinski definition) is 7. The van der Waals surface area contributed by atoms with Crippen molar-refractivity contribution in [2.45, 2.75) is 50.1 Å². The van der Waals surface area contributed by atoms with Gasteiger partial charge in [0.25, 0.3) is 10.0 Å². The highest BCUT2D eigenvalue weighted by Crippen LogP contribution is 2.38. The minimum absolute atomic E-state index is 0.0324. The first-order valence-electron chi connectivity index (χ1n) is 11.8. The second-order valence-corrected chi connectivity index (χ2v) is 13.8. The van der Waals surface area contributed by atoms with E-state index in [1.165, 1.54) is 23.0 Å². The van der Waals surface area contributed by atoms with E-state index >= 15 is 0 Å². The van der Waals surface area contributed by atoms with Gasteiger partial charge in [0, 0.05) is 38.9 Å². The monoisotopic (exact) mass is 498 g/mol. The minimum Gasteiger partial charge on any atom is -0.340 e. The summed E-state index contributed by atoms with van der Waals surface area (Å²) >= 11 is 0. The van der Waals surface area contributed by atoms with Crippen molar-refractivity contribution in [3.8, 4) is 0 Å². The topological polar surface area (TPSA) is 131 Å². The van der Waals surface area contributed by atoms with E-state index in [1.54, 1.807) is 11.0 Å². The summed E-state index contributed by atoms with van der Waals surface area (Å²) in [7, 11) is -6.99. The van der Waals surface area contributed by atoms with Gasteiger partial charge in [-0.2, -0.15) is 4.31 Å². The van der Waals surface area contributed by atoms with Gasteiger partial charge >= 0.3 is 0 Å². The first kappa shape index (κ1) is 24.6. The van der Waals surface area contributed by atoms with Crippen molar-refractivity contribution >= 4 is 25.8 Å². The zero-order valence-electron chi connectivity index (χ0n) is 18.9. The van der Waals surface area contributed by atoms with Crippen LogP contribution in [0.3, 0.4) is 0 Å². The lowest BCUT2D eigenvalue weighted by atomic mass is 9.74. The molecule has 3 aliphatic rings. The molecule has 0 unspecified atom stereocenters.